The third-order valence-electron chi connectivity index (χ3n) is 5.85. The van der Waals surface area contributed by atoms with Crippen molar-refractivity contribution in [3.8, 4) is 0 Å². The first kappa shape index (κ1) is 22.6. The van der Waals surface area contributed by atoms with Crippen molar-refractivity contribution >= 4 is 20.3 Å². The van der Waals surface area contributed by atoms with Crippen LogP contribution in [0.4, 0.5) is 4.79 Å². The molecule has 0 N–H and O–H groups in total. The second-order valence-corrected chi connectivity index (χ2v) is 13.9. The van der Waals surface area contributed by atoms with Gasteiger partial charge in [0.25, 0.3) is 0 Å². The monoisotopic (exact) mass is 405 g/mol. The third-order valence-corrected chi connectivity index (χ3v) is 10.4. The first-order valence-electron chi connectivity index (χ1n) is 10.3. The molecule has 28 heavy (non-hydrogen) atoms. The lowest BCUT2D eigenvalue weighted by molar-refractivity contribution is -0.129. The second-order valence-electron chi connectivity index (χ2n) is 9.10. The van der Waals surface area contributed by atoms with E-state index in [1.165, 1.54) is 4.90 Å². The van der Waals surface area contributed by atoms with Crippen molar-refractivity contribution in [2.45, 2.75) is 77.0 Å². The highest BCUT2D eigenvalue weighted by Crippen LogP contribution is 2.36. The SMILES string of the molecule is CC(C)(C)[Si](C)(C)OCCCCCC(=O)N1C(=O)OC[C@@H]1Cc1ccccc1. The summed E-state index contributed by atoms with van der Waals surface area (Å²) in [5.41, 5.74) is 1.10. The Morgan fingerprint density at radius 2 is 1.86 bits per heavy atom. The summed E-state index contributed by atoms with van der Waals surface area (Å²) in [6.07, 6.45) is 3.14. The molecule has 1 heterocycles. The summed E-state index contributed by atoms with van der Waals surface area (Å²) in [6.45, 7) is 12.2. The average Bonchev–Trinajstić information content (AvgIpc) is 2.98. The minimum absolute atomic E-state index is 0.131. The highest BCUT2D eigenvalue weighted by molar-refractivity contribution is 6.74. The maximum Gasteiger partial charge on any atom is 0.416 e. The van der Waals surface area contributed by atoms with Gasteiger partial charge in [-0.3, -0.25) is 4.79 Å². The maximum absolute atomic E-state index is 12.6. The Bertz CT molecular complexity index is 654. The summed E-state index contributed by atoms with van der Waals surface area (Å²) in [5, 5.41) is 0.215. The van der Waals surface area contributed by atoms with Crippen molar-refractivity contribution in [1.29, 1.82) is 0 Å². The number of nitrogens with zero attached hydrogens (tertiary/aromatic N) is 1. The first-order valence-corrected chi connectivity index (χ1v) is 13.2. The first-order chi connectivity index (χ1) is 13.1. The number of unbranched alkanes of at least 4 members (excludes halogenated alkanes) is 2. The fraction of sp³-hybridized carbons (Fsp3) is 0.636. The molecule has 0 aromatic heterocycles. The lowest BCUT2D eigenvalue weighted by Gasteiger charge is -2.36. The van der Waals surface area contributed by atoms with Crippen molar-refractivity contribution in [2.75, 3.05) is 13.2 Å². The van der Waals surface area contributed by atoms with Crippen LogP contribution >= 0.6 is 0 Å². The van der Waals surface area contributed by atoms with E-state index in [4.69, 9.17) is 9.16 Å². The molecule has 0 bridgehead atoms. The van der Waals surface area contributed by atoms with Gasteiger partial charge in [-0.1, -0.05) is 57.5 Å². The summed E-state index contributed by atoms with van der Waals surface area (Å²) in [4.78, 5) is 25.9. The fourth-order valence-electron chi connectivity index (χ4n) is 3.02. The van der Waals surface area contributed by atoms with Gasteiger partial charge >= 0.3 is 6.09 Å². The van der Waals surface area contributed by atoms with Gasteiger partial charge in [0.2, 0.25) is 5.91 Å². The van der Waals surface area contributed by atoms with Crippen LogP contribution in [0.5, 0.6) is 0 Å². The van der Waals surface area contributed by atoms with E-state index in [0.29, 0.717) is 12.8 Å². The topological polar surface area (TPSA) is 55.8 Å². The molecule has 156 valence electrons. The molecule has 1 aliphatic heterocycles. The molecule has 0 spiro atoms. The van der Waals surface area contributed by atoms with Gasteiger partial charge in [-0.2, -0.15) is 0 Å². The summed E-state index contributed by atoms with van der Waals surface area (Å²) >= 11 is 0. The molecule has 2 amide bonds. The molecule has 0 unspecified atom stereocenters. The quantitative estimate of drug-likeness (QED) is 0.421. The minimum atomic E-state index is -1.70. The number of amides is 2. The Morgan fingerprint density at radius 3 is 2.50 bits per heavy atom. The molecular formula is C22H35NO4Si. The van der Waals surface area contributed by atoms with Crippen molar-refractivity contribution < 1.29 is 18.8 Å². The van der Waals surface area contributed by atoms with Gasteiger partial charge in [0, 0.05) is 13.0 Å². The maximum atomic E-state index is 12.6. The Morgan fingerprint density at radius 1 is 1.18 bits per heavy atom. The number of cyclic esters (lactones) is 1. The lowest BCUT2D eigenvalue weighted by atomic mass is 10.1. The number of hydrogen-bond acceptors (Lipinski definition) is 4. The largest absolute Gasteiger partial charge is 0.447 e. The molecule has 5 nitrogen and oxygen atoms in total. The number of ether oxygens (including phenoxy) is 1. The molecule has 0 aliphatic carbocycles. The van der Waals surface area contributed by atoms with Gasteiger partial charge in [0.15, 0.2) is 8.32 Å². The molecule has 0 saturated carbocycles. The highest BCUT2D eigenvalue weighted by Gasteiger charge is 2.38. The minimum Gasteiger partial charge on any atom is -0.447 e. The third kappa shape index (κ3) is 6.17. The summed E-state index contributed by atoms with van der Waals surface area (Å²) < 4.78 is 11.3. The van der Waals surface area contributed by atoms with Gasteiger partial charge in [-0.25, -0.2) is 9.69 Å². The van der Waals surface area contributed by atoms with Crippen molar-refractivity contribution in [3.05, 3.63) is 35.9 Å². The van der Waals surface area contributed by atoms with Crippen molar-refractivity contribution in [3.63, 3.8) is 0 Å². The standard InChI is InChI=1S/C22H35NO4Si/c1-22(2,3)28(4,5)27-15-11-7-10-14-20(24)23-19(17-26-21(23)25)16-18-12-8-6-9-13-18/h6,8-9,12-13,19H,7,10-11,14-17H2,1-5H3/t19-/m0/s1. The van der Waals surface area contributed by atoms with E-state index >= 15 is 0 Å². The van der Waals surface area contributed by atoms with E-state index in [1.54, 1.807) is 0 Å². The molecular weight excluding hydrogens is 370 g/mol. The Kier molecular flexibility index (Phi) is 7.84. The van der Waals surface area contributed by atoms with Gasteiger partial charge in [0.1, 0.15) is 6.61 Å². The van der Waals surface area contributed by atoms with E-state index in [2.05, 4.69) is 33.9 Å². The number of rotatable bonds is 9. The van der Waals surface area contributed by atoms with E-state index in [9.17, 15) is 9.59 Å². The van der Waals surface area contributed by atoms with Crippen LogP contribution in [-0.4, -0.2) is 44.5 Å². The molecule has 1 aromatic rings. The normalized spacial score (nSPS) is 17.7. The van der Waals surface area contributed by atoms with Gasteiger partial charge in [-0.15, -0.1) is 0 Å². The second kappa shape index (κ2) is 9.70. The number of carbonyl (C=O) groups is 2. The summed E-state index contributed by atoms with van der Waals surface area (Å²) in [6, 6.07) is 9.69. The number of imide groups is 1. The smallest absolute Gasteiger partial charge is 0.416 e. The van der Waals surface area contributed by atoms with Crippen molar-refractivity contribution in [2.24, 2.45) is 0 Å². The van der Waals surface area contributed by atoms with Crippen LogP contribution in [0.2, 0.25) is 18.1 Å². The van der Waals surface area contributed by atoms with Crippen LogP contribution < -0.4 is 0 Å². The molecule has 1 fully saturated rings. The number of benzene rings is 1. The molecule has 2 rings (SSSR count). The zero-order valence-corrected chi connectivity index (χ0v) is 19.0. The van der Waals surface area contributed by atoms with Gasteiger partial charge in [-0.05, 0) is 43.0 Å². The van der Waals surface area contributed by atoms with Gasteiger partial charge < -0.3 is 9.16 Å². The molecule has 1 atom stereocenters. The average molecular weight is 406 g/mol. The van der Waals surface area contributed by atoms with E-state index < -0.39 is 14.4 Å². The van der Waals surface area contributed by atoms with Crippen LogP contribution in [0, 0.1) is 0 Å². The van der Waals surface area contributed by atoms with E-state index in [0.717, 1.165) is 31.4 Å². The van der Waals surface area contributed by atoms with Gasteiger partial charge in [0.05, 0.1) is 6.04 Å². The Hall–Kier alpha value is -1.66. The molecule has 6 heteroatoms. The van der Waals surface area contributed by atoms with Crippen molar-refractivity contribution in [1.82, 2.24) is 4.90 Å². The lowest BCUT2D eigenvalue weighted by Crippen LogP contribution is -2.41. The van der Waals surface area contributed by atoms with Crippen LogP contribution in [0.3, 0.4) is 0 Å². The zero-order chi connectivity index (χ0) is 20.8. The fourth-order valence-corrected chi connectivity index (χ4v) is 4.11. The van der Waals surface area contributed by atoms with E-state index in [1.807, 2.05) is 30.3 Å². The summed E-state index contributed by atoms with van der Waals surface area (Å²) in [7, 11) is -1.70. The Balaban J connectivity index is 1.73. The molecule has 0 radical (unpaired) electrons. The predicted octanol–water partition coefficient (Wildman–Crippen LogP) is 5.16. The van der Waals surface area contributed by atoms with E-state index in [-0.39, 0.29) is 23.6 Å². The number of hydrogen-bond donors (Lipinski definition) is 0. The molecule has 1 saturated heterocycles. The van der Waals surface area contributed by atoms with Crippen LogP contribution in [0.25, 0.3) is 0 Å². The van der Waals surface area contributed by atoms with Crippen LogP contribution in [0.15, 0.2) is 30.3 Å². The molecule has 1 aromatic carbocycles. The Labute approximate surface area is 170 Å². The van der Waals surface area contributed by atoms with Crippen LogP contribution in [0.1, 0.15) is 52.0 Å². The summed E-state index contributed by atoms with van der Waals surface area (Å²) in [5.74, 6) is -0.131. The molecule has 1 aliphatic rings. The van der Waals surface area contributed by atoms with Crippen LogP contribution in [-0.2, 0) is 20.4 Å². The predicted molar refractivity (Wildman–Crippen MR) is 114 cm³/mol. The highest BCUT2D eigenvalue weighted by atomic mass is 28.4. The number of carbonyl (C=O) groups excluding carboxylic acids is 2. The zero-order valence-electron chi connectivity index (χ0n) is 18.0.